The van der Waals surface area contributed by atoms with E-state index < -0.39 is 0 Å². The van der Waals surface area contributed by atoms with Crippen molar-refractivity contribution < 1.29 is 4.79 Å². The van der Waals surface area contributed by atoms with Gasteiger partial charge in [-0.2, -0.15) is 0 Å². The van der Waals surface area contributed by atoms with Gasteiger partial charge in [0.15, 0.2) is 0 Å². The molecule has 0 aromatic rings. The smallest absolute Gasteiger partial charge is 0.134 e. The number of carbonyl (C=O) groups excluding carboxylic acids is 1. The lowest BCUT2D eigenvalue weighted by molar-refractivity contribution is -0.121. The molecule has 0 saturated carbocycles. The lowest BCUT2D eigenvalue weighted by Crippen LogP contribution is -2.50. The van der Waals surface area contributed by atoms with Gasteiger partial charge < -0.3 is 9.80 Å². The van der Waals surface area contributed by atoms with Crippen molar-refractivity contribution in [2.45, 2.75) is 32.7 Å². The number of piperazine rings is 1. The molecular weight excluding hydrogens is 188 g/mol. The molecule has 1 saturated heterocycles. The van der Waals surface area contributed by atoms with E-state index in [1.54, 1.807) is 0 Å². The van der Waals surface area contributed by atoms with Gasteiger partial charge in [-0.15, -0.1) is 0 Å². The molecule has 0 aliphatic carbocycles. The highest BCUT2D eigenvalue weighted by Gasteiger charge is 2.24. The van der Waals surface area contributed by atoms with Crippen LogP contribution in [0.4, 0.5) is 0 Å². The Balaban J connectivity index is 2.38. The van der Waals surface area contributed by atoms with Gasteiger partial charge >= 0.3 is 0 Å². The van der Waals surface area contributed by atoms with E-state index in [-0.39, 0.29) is 0 Å². The monoisotopic (exact) mass is 212 g/mol. The summed E-state index contributed by atoms with van der Waals surface area (Å²) >= 11 is 0. The van der Waals surface area contributed by atoms with Crippen molar-refractivity contribution >= 4 is 5.78 Å². The number of ketones is 1. The van der Waals surface area contributed by atoms with Gasteiger partial charge in [0.2, 0.25) is 0 Å². The Hall–Kier alpha value is -0.410. The van der Waals surface area contributed by atoms with Crippen LogP contribution in [0.5, 0.6) is 0 Å². The molecule has 1 heterocycles. The van der Waals surface area contributed by atoms with Crippen LogP contribution >= 0.6 is 0 Å². The number of likely N-dealkylation sites (N-methyl/N-ethyl adjacent to an activating group) is 2. The van der Waals surface area contributed by atoms with Crippen LogP contribution < -0.4 is 0 Å². The van der Waals surface area contributed by atoms with Gasteiger partial charge in [-0.1, -0.05) is 13.8 Å². The van der Waals surface area contributed by atoms with Crippen molar-refractivity contribution in [3.05, 3.63) is 0 Å². The second kappa shape index (κ2) is 5.61. The number of Topliss-reactive ketones (excluding diaryl/α,β-unsaturated/α-hetero) is 1. The van der Waals surface area contributed by atoms with Crippen molar-refractivity contribution in [3.8, 4) is 0 Å². The third-order valence-corrected chi connectivity index (χ3v) is 3.08. The number of carbonyl (C=O) groups is 1. The minimum atomic E-state index is 0.414. The number of nitrogens with zero attached hydrogens (tertiary/aromatic N) is 2. The van der Waals surface area contributed by atoms with E-state index in [0.29, 0.717) is 17.7 Å². The molecule has 88 valence electrons. The average Bonchev–Trinajstić information content (AvgIpc) is 2.10. The highest BCUT2D eigenvalue weighted by Crippen LogP contribution is 2.12. The molecule has 1 fully saturated rings. The van der Waals surface area contributed by atoms with E-state index in [1.807, 2.05) is 0 Å². The molecule has 0 aromatic heterocycles. The number of hydrogen-bond donors (Lipinski definition) is 0. The first-order chi connectivity index (χ1) is 6.99. The van der Waals surface area contributed by atoms with Gasteiger partial charge in [-0.05, 0) is 20.0 Å². The topological polar surface area (TPSA) is 23.6 Å². The van der Waals surface area contributed by atoms with Crippen LogP contribution in [0.1, 0.15) is 26.7 Å². The molecule has 1 rings (SSSR count). The fraction of sp³-hybridized carbons (Fsp3) is 0.917. The van der Waals surface area contributed by atoms with Crippen molar-refractivity contribution in [2.24, 2.45) is 5.92 Å². The summed E-state index contributed by atoms with van der Waals surface area (Å²) in [6.07, 6.45) is 1.45. The highest BCUT2D eigenvalue weighted by atomic mass is 16.1. The Labute approximate surface area is 93.4 Å². The Morgan fingerprint density at radius 3 is 2.60 bits per heavy atom. The predicted molar refractivity (Wildman–Crippen MR) is 63.0 cm³/mol. The molecule has 3 nitrogen and oxygen atoms in total. The second-order valence-corrected chi connectivity index (χ2v) is 5.24. The molecule has 1 aliphatic heterocycles. The summed E-state index contributed by atoms with van der Waals surface area (Å²) in [5.74, 6) is 0.904. The maximum absolute atomic E-state index is 11.7. The zero-order valence-electron chi connectivity index (χ0n) is 10.5. The Morgan fingerprint density at radius 1 is 1.33 bits per heavy atom. The second-order valence-electron chi connectivity index (χ2n) is 5.24. The summed E-state index contributed by atoms with van der Waals surface area (Å²) < 4.78 is 0. The summed E-state index contributed by atoms with van der Waals surface area (Å²) in [4.78, 5) is 16.4. The zero-order valence-corrected chi connectivity index (χ0v) is 10.5. The minimum absolute atomic E-state index is 0.414. The van der Waals surface area contributed by atoms with Crippen LogP contribution in [0.15, 0.2) is 0 Å². The largest absolute Gasteiger partial charge is 0.304 e. The fourth-order valence-corrected chi connectivity index (χ4v) is 2.12. The SMILES string of the molecule is CC(C)CC(=O)CC1CN(C)CCN1C. The number of rotatable bonds is 4. The van der Waals surface area contributed by atoms with Crippen LogP contribution in [0.3, 0.4) is 0 Å². The quantitative estimate of drug-likeness (QED) is 0.700. The van der Waals surface area contributed by atoms with Gasteiger partial charge in [0.05, 0.1) is 0 Å². The van der Waals surface area contributed by atoms with Crippen molar-refractivity contribution in [2.75, 3.05) is 33.7 Å². The van der Waals surface area contributed by atoms with Crippen LogP contribution in [0, 0.1) is 5.92 Å². The molecule has 1 unspecified atom stereocenters. The van der Waals surface area contributed by atoms with E-state index in [1.165, 1.54) is 0 Å². The maximum Gasteiger partial charge on any atom is 0.134 e. The van der Waals surface area contributed by atoms with Gasteiger partial charge in [-0.3, -0.25) is 4.79 Å². The summed E-state index contributed by atoms with van der Waals surface area (Å²) in [5, 5.41) is 0. The molecule has 3 heteroatoms. The molecule has 15 heavy (non-hydrogen) atoms. The van der Waals surface area contributed by atoms with Crippen molar-refractivity contribution in [1.29, 1.82) is 0 Å². The summed E-state index contributed by atoms with van der Waals surface area (Å²) in [5.41, 5.74) is 0. The highest BCUT2D eigenvalue weighted by molar-refractivity contribution is 5.79. The minimum Gasteiger partial charge on any atom is -0.304 e. The molecule has 0 radical (unpaired) electrons. The molecule has 0 aromatic carbocycles. The molecule has 0 N–H and O–H groups in total. The van der Waals surface area contributed by atoms with Crippen LogP contribution in [-0.2, 0) is 4.79 Å². The predicted octanol–water partition coefficient (Wildman–Crippen LogP) is 1.24. The third-order valence-electron chi connectivity index (χ3n) is 3.08. The van der Waals surface area contributed by atoms with Gasteiger partial charge in [0.1, 0.15) is 5.78 Å². The first kappa shape index (κ1) is 12.7. The molecule has 1 atom stereocenters. The lowest BCUT2D eigenvalue weighted by Gasteiger charge is -2.37. The summed E-state index contributed by atoms with van der Waals surface area (Å²) in [7, 11) is 4.26. The summed E-state index contributed by atoms with van der Waals surface area (Å²) in [6.45, 7) is 7.44. The normalized spacial score (nSPS) is 24.7. The summed E-state index contributed by atoms with van der Waals surface area (Å²) in [6, 6.07) is 0.426. The molecule has 0 bridgehead atoms. The molecule has 0 amide bonds. The first-order valence-electron chi connectivity index (χ1n) is 5.89. The van der Waals surface area contributed by atoms with E-state index >= 15 is 0 Å². The van der Waals surface area contributed by atoms with Gasteiger partial charge in [-0.25, -0.2) is 0 Å². The van der Waals surface area contributed by atoms with Crippen LogP contribution in [-0.4, -0.2) is 55.4 Å². The standard InChI is InChI=1S/C12H24N2O/c1-10(2)7-12(15)8-11-9-13(3)5-6-14(11)4/h10-11H,5-9H2,1-4H3. The Kier molecular flexibility index (Phi) is 4.74. The fourth-order valence-electron chi connectivity index (χ4n) is 2.12. The molecular formula is C12H24N2O. The zero-order chi connectivity index (χ0) is 11.4. The molecule has 0 spiro atoms. The van der Waals surface area contributed by atoms with E-state index in [4.69, 9.17) is 0 Å². The Morgan fingerprint density at radius 2 is 2.00 bits per heavy atom. The van der Waals surface area contributed by atoms with E-state index in [9.17, 15) is 4.79 Å². The van der Waals surface area contributed by atoms with Gasteiger partial charge in [0.25, 0.3) is 0 Å². The third kappa shape index (κ3) is 4.31. The maximum atomic E-state index is 11.7. The Bertz CT molecular complexity index is 216. The van der Waals surface area contributed by atoms with Crippen LogP contribution in [0.25, 0.3) is 0 Å². The van der Waals surface area contributed by atoms with Crippen molar-refractivity contribution in [3.63, 3.8) is 0 Å². The average molecular weight is 212 g/mol. The van der Waals surface area contributed by atoms with Crippen molar-refractivity contribution in [1.82, 2.24) is 9.80 Å². The number of hydrogen-bond acceptors (Lipinski definition) is 3. The van der Waals surface area contributed by atoms with E-state index in [2.05, 4.69) is 37.7 Å². The van der Waals surface area contributed by atoms with Gasteiger partial charge in [0, 0.05) is 38.5 Å². The first-order valence-corrected chi connectivity index (χ1v) is 5.89. The van der Waals surface area contributed by atoms with Crippen LogP contribution in [0.2, 0.25) is 0 Å². The lowest BCUT2D eigenvalue weighted by atomic mass is 10.00. The molecule has 1 aliphatic rings. The van der Waals surface area contributed by atoms with E-state index in [0.717, 1.165) is 32.5 Å².